The lowest BCUT2D eigenvalue weighted by atomic mass is 10.1. The van der Waals surface area contributed by atoms with Gasteiger partial charge in [0.1, 0.15) is 6.10 Å². The molecule has 0 spiro atoms. The second-order valence-corrected chi connectivity index (χ2v) is 5.72. The fraction of sp³-hybridized carbons (Fsp3) is 0.412. The van der Waals surface area contributed by atoms with Gasteiger partial charge < -0.3 is 14.7 Å². The van der Waals surface area contributed by atoms with Crippen LogP contribution in [0.25, 0.3) is 11.4 Å². The summed E-state index contributed by atoms with van der Waals surface area (Å²) >= 11 is 0. The third-order valence-corrected chi connectivity index (χ3v) is 3.96. The Labute approximate surface area is 130 Å². The molecule has 0 amide bonds. The Morgan fingerprint density at radius 2 is 1.95 bits per heavy atom. The van der Waals surface area contributed by atoms with Crippen molar-refractivity contribution in [3.05, 3.63) is 42.2 Å². The molecule has 1 aliphatic rings. The maximum atomic E-state index is 9.19. The van der Waals surface area contributed by atoms with Crippen molar-refractivity contribution in [1.29, 1.82) is 0 Å². The second kappa shape index (κ2) is 6.85. The van der Waals surface area contributed by atoms with Gasteiger partial charge >= 0.3 is 0 Å². The summed E-state index contributed by atoms with van der Waals surface area (Å²) in [5.74, 6) is 1.36. The van der Waals surface area contributed by atoms with Crippen molar-refractivity contribution in [2.75, 3.05) is 20.1 Å². The Bertz CT molecular complexity index is 608. The van der Waals surface area contributed by atoms with Crippen LogP contribution in [0.2, 0.25) is 0 Å². The molecule has 5 heteroatoms. The van der Waals surface area contributed by atoms with E-state index in [2.05, 4.69) is 21.9 Å². The average Bonchev–Trinajstić information content (AvgIpc) is 2.58. The molecular weight excluding hydrogens is 278 g/mol. The van der Waals surface area contributed by atoms with E-state index in [1.165, 1.54) is 0 Å². The highest BCUT2D eigenvalue weighted by Crippen LogP contribution is 2.20. The lowest BCUT2D eigenvalue weighted by Gasteiger charge is -2.29. The summed E-state index contributed by atoms with van der Waals surface area (Å²) in [7, 11) is 2.13. The van der Waals surface area contributed by atoms with E-state index in [4.69, 9.17) is 4.74 Å². The third kappa shape index (κ3) is 3.61. The van der Waals surface area contributed by atoms with Crippen molar-refractivity contribution in [3.8, 4) is 17.1 Å². The molecule has 0 aliphatic carbocycles. The monoisotopic (exact) mass is 299 g/mol. The maximum absolute atomic E-state index is 9.19. The Kier molecular flexibility index (Phi) is 4.65. The van der Waals surface area contributed by atoms with Gasteiger partial charge in [0.05, 0.1) is 19.0 Å². The average molecular weight is 299 g/mol. The van der Waals surface area contributed by atoms with Gasteiger partial charge in [0.25, 0.3) is 0 Å². The number of aliphatic hydroxyl groups is 1. The van der Waals surface area contributed by atoms with E-state index in [1.54, 1.807) is 12.4 Å². The number of nitrogens with zero attached hydrogens (tertiary/aromatic N) is 3. The molecular formula is C17H21N3O2. The minimum Gasteiger partial charge on any atom is -0.487 e. The highest BCUT2D eigenvalue weighted by atomic mass is 16.5. The first-order valence-electron chi connectivity index (χ1n) is 7.62. The molecule has 1 aromatic heterocycles. The van der Waals surface area contributed by atoms with Gasteiger partial charge in [-0.3, -0.25) is 0 Å². The minimum absolute atomic E-state index is 0.0190. The zero-order chi connectivity index (χ0) is 15.4. The largest absolute Gasteiger partial charge is 0.487 e. The number of ether oxygens (including phenoxy) is 1. The van der Waals surface area contributed by atoms with Crippen molar-refractivity contribution in [1.82, 2.24) is 14.9 Å². The van der Waals surface area contributed by atoms with Gasteiger partial charge in [-0.05, 0) is 31.5 Å². The van der Waals surface area contributed by atoms with Crippen LogP contribution in [0.3, 0.4) is 0 Å². The van der Waals surface area contributed by atoms with Gasteiger partial charge in [-0.25, -0.2) is 9.97 Å². The Morgan fingerprint density at radius 1 is 1.23 bits per heavy atom. The number of piperidine rings is 1. The molecule has 5 nitrogen and oxygen atoms in total. The Morgan fingerprint density at radius 3 is 2.64 bits per heavy atom. The smallest absolute Gasteiger partial charge is 0.159 e. The number of hydrogen-bond donors (Lipinski definition) is 1. The normalized spacial score (nSPS) is 16.6. The van der Waals surface area contributed by atoms with Crippen molar-refractivity contribution in [3.63, 3.8) is 0 Å². The van der Waals surface area contributed by atoms with Gasteiger partial charge in [0.2, 0.25) is 0 Å². The van der Waals surface area contributed by atoms with E-state index >= 15 is 0 Å². The molecule has 0 bridgehead atoms. The van der Waals surface area contributed by atoms with Crippen molar-refractivity contribution in [2.24, 2.45) is 0 Å². The van der Waals surface area contributed by atoms with Crippen LogP contribution < -0.4 is 4.74 Å². The lowest BCUT2D eigenvalue weighted by molar-refractivity contribution is 0.113. The molecule has 22 heavy (non-hydrogen) atoms. The van der Waals surface area contributed by atoms with Crippen LogP contribution >= 0.6 is 0 Å². The first-order valence-corrected chi connectivity index (χ1v) is 7.62. The highest BCUT2D eigenvalue weighted by Gasteiger charge is 2.18. The minimum atomic E-state index is 0.0190. The highest BCUT2D eigenvalue weighted by molar-refractivity contribution is 5.55. The molecule has 2 heterocycles. The standard InChI is InChI=1S/C17H21N3O2/c1-20-7-5-15(6-8-20)22-16-10-18-17(19-11-16)14-4-2-3-13(9-14)12-21/h2-4,9-11,15,21H,5-8,12H2,1H3. The SMILES string of the molecule is CN1CCC(Oc2cnc(-c3cccc(CO)c3)nc2)CC1. The van der Waals surface area contributed by atoms with E-state index < -0.39 is 0 Å². The van der Waals surface area contributed by atoms with Gasteiger partial charge in [-0.1, -0.05) is 18.2 Å². The molecule has 1 aliphatic heterocycles. The van der Waals surface area contributed by atoms with Crippen LogP contribution in [-0.2, 0) is 6.61 Å². The van der Waals surface area contributed by atoms with Crippen LogP contribution in [-0.4, -0.2) is 46.2 Å². The fourth-order valence-electron chi connectivity index (χ4n) is 2.63. The summed E-state index contributed by atoms with van der Waals surface area (Å²) < 4.78 is 5.95. The third-order valence-electron chi connectivity index (χ3n) is 3.96. The van der Waals surface area contributed by atoms with Crippen LogP contribution in [0.1, 0.15) is 18.4 Å². The lowest BCUT2D eigenvalue weighted by Crippen LogP contribution is -2.35. The van der Waals surface area contributed by atoms with Crippen molar-refractivity contribution in [2.45, 2.75) is 25.6 Å². The first kappa shape index (κ1) is 14.9. The van der Waals surface area contributed by atoms with Gasteiger partial charge in [-0.2, -0.15) is 0 Å². The molecule has 1 saturated heterocycles. The Balaban J connectivity index is 1.67. The van der Waals surface area contributed by atoms with Crippen molar-refractivity contribution >= 4 is 0 Å². The van der Waals surface area contributed by atoms with E-state index in [0.29, 0.717) is 5.82 Å². The molecule has 2 aromatic rings. The molecule has 0 atom stereocenters. The molecule has 1 fully saturated rings. The summed E-state index contributed by atoms with van der Waals surface area (Å²) in [5, 5.41) is 9.19. The summed E-state index contributed by atoms with van der Waals surface area (Å²) in [6.45, 7) is 2.15. The molecule has 116 valence electrons. The summed E-state index contributed by atoms with van der Waals surface area (Å²) in [6.07, 6.45) is 5.79. The van der Waals surface area contributed by atoms with Gasteiger partial charge in [-0.15, -0.1) is 0 Å². The van der Waals surface area contributed by atoms with Crippen molar-refractivity contribution < 1.29 is 9.84 Å². The first-order chi connectivity index (χ1) is 10.7. The van der Waals surface area contributed by atoms with E-state index in [0.717, 1.165) is 42.8 Å². The van der Waals surface area contributed by atoms with E-state index in [1.807, 2.05) is 24.3 Å². The van der Waals surface area contributed by atoms with Crippen LogP contribution in [0.4, 0.5) is 0 Å². The topological polar surface area (TPSA) is 58.5 Å². The summed E-state index contributed by atoms with van der Waals surface area (Å²) in [4.78, 5) is 11.1. The zero-order valence-corrected chi connectivity index (χ0v) is 12.8. The number of aromatic nitrogens is 2. The quantitative estimate of drug-likeness (QED) is 0.937. The second-order valence-electron chi connectivity index (χ2n) is 5.72. The zero-order valence-electron chi connectivity index (χ0n) is 12.8. The molecule has 1 N–H and O–H groups in total. The molecule has 0 unspecified atom stereocenters. The number of hydrogen-bond acceptors (Lipinski definition) is 5. The van der Waals surface area contributed by atoms with Gasteiger partial charge in [0.15, 0.2) is 11.6 Å². The summed E-state index contributed by atoms with van der Waals surface area (Å²) in [5.41, 5.74) is 1.75. The molecule has 1 aromatic carbocycles. The number of aliphatic hydroxyl groups excluding tert-OH is 1. The van der Waals surface area contributed by atoms with Crippen LogP contribution in [0.5, 0.6) is 5.75 Å². The molecule has 3 rings (SSSR count). The molecule has 0 saturated carbocycles. The number of rotatable bonds is 4. The number of likely N-dealkylation sites (tertiary alicyclic amines) is 1. The van der Waals surface area contributed by atoms with E-state index in [-0.39, 0.29) is 12.7 Å². The predicted octanol–water partition coefficient (Wildman–Crippen LogP) is 2.11. The van der Waals surface area contributed by atoms with E-state index in [9.17, 15) is 5.11 Å². The van der Waals surface area contributed by atoms with Crippen LogP contribution in [0.15, 0.2) is 36.7 Å². The predicted molar refractivity (Wildman–Crippen MR) is 84.5 cm³/mol. The molecule has 0 radical (unpaired) electrons. The summed E-state index contributed by atoms with van der Waals surface area (Å²) in [6, 6.07) is 7.60. The van der Waals surface area contributed by atoms with Crippen LogP contribution in [0, 0.1) is 0 Å². The Hall–Kier alpha value is -1.98. The maximum Gasteiger partial charge on any atom is 0.159 e. The number of benzene rings is 1. The fourth-order valence-corrected chi connectivity index (χ4v) is 2.63. The van der Waals surface area contributed by atoms with Gasteiger partial charge in [0, 0.05) is 18.7 Å².